The molecule has 0 saturated heterocycles. The molecule has 0 fully saturated rings. The van der Waals surface area contributed by atoms with Crippen LogP contribution in [0.1, 0.15) is 108 Å². The fraction of sp³-hybridized carbons (Fsp3) is 0.245. The fourth-order valence-electron chi connectivity index (χ4n) is 8.31. The number of aryl methyl sites for hydroxylation is 3. The second kappa shape index (κ2) is 21.7. The Labute approximate surface area is 366 Å². The first kappa shape index (κ1) is 44.9. The van der Waals surface area contributed by atoms with Crippen molar-refractivity contribution in [3.63, 3.8) is 0 Å². The highest BCUT2D eigenvalue weighted by atomic mass is 79.9. The lowest BCUT2D eigenvalue weighted by Gasteiger charge is -2.15. The number of aliphatic hydroxyl groups excluding tert-OH is 3. The number of carbonyl (C=O) groups is 2. The Balaban J connectivity index is 0.000000155. The van der Waals surface area contributed by atoms with Crippen LogP contribution in [0.3, 0.4) is 0 Å². The van der Waals surface area contributed by atoms with E-state index in [9.17, 15) is 24.9 Å². The molecule has 0 saturated carbocycles. The highest BCUT2D eigenvalue weighted by molar-refractivity contribution is 9.10. The third-order valence-corrected chi connectivity index (χ3v) is 11.9. The van der Waals surface area contributed by atoms with Crippen molar-refractivity contribution in [2.45, 2.75) is 83.0 Å². The summed E-state index contributed by atoms with van der Waals surface area (Å²) in [6.45, 7) is 2.01. The lowest BCUT2D eigenvalue weighted by Crippen LogP contribution is -2.04. The molecule has 3 aliphatic rings. The minimum atomic E-state index is -1.00. The van der Waals surface area contributed by atoms with E-state index in [0.717, 1.165) is 106 Å². The molecule has 314 valence electrons. The molecule has 5 N–H and O–H groups in total. The van der Waals surface area contributed by atoms with Gasteiger partial charge in [0, 0.05) is 16.6 Å². The van der Waals surface area contributed by atoms with Gasteiger partial charge in [-0.2, -0.15) is 0 Å². The normalized spacial score (nSPS) is 20.4. The van der Waals surface area contributed by atoms with E-state index in [0.29, 0.717) is 24.0 Å². The van der Waals surface area contributed by atoms with Gasteiger partial charge in [-0.25, -0.2) is 9.59 Å². The number of fused-ring (bicyclic) bond motifs is 3. The Kier molecular flexibility index (Phi) is 16.0. The number of aliphatic carboxylic acids is 2. The van der Waals surface area contributed by atoms with E-state index in [1.807, 2.05) is 73.7 Å². The van der Waals surface area contributed by atoms with E-state index in [1.165, 1.54) is 16.7 Å². The van der Waals surface area contributed by atoms with Crippen molar-refractivity contribution in [1.29, 1.82) is 0 Å². The van der Waals surface area contributed by atoms with Gasteiger partial charge in [0.25, 0.3) is 0 Å². The van der Waals surface area contributed by atoms with Crippen LogP contribution in [0, 0.1) is 0 Å². The summed E-state index contributed by atoms with van der Waals surface area (Å²) in [6, 6.07) is 38.6. The maximum absolute atomic E-state index is 10.9. The van der Waals surface area contributed by atoms with E-state index in [2.05, 4.69) is 82.7 Å². The summed E-state index contributed by atoms with van der Waals surface area (Å²) < 4.78 is 0.981. The molecule has 0 amide bonds. The Hall–Kier alpha value is -5.64. The Morgan fingerprint density at radius 1 is 0.508 bits per heavy atom. The summed E-state index contributed by atoms with van der Waals surface area (Å²) in [7, 11) is 0. The largest absolute Gasteiger partial charge is 0.478 e. The summed E-state index contributed by atoms with van der Waals surface area (Å²) in [5, 5.41) is 48.9. The van der Waals surface area contributed by atoms with Crippen molar-refractivity contribution in [2.75, 3.05) is 0 Å². The molecule has 7 nitrogen and oxygen atoms in total. The van der Waals surface area contributed by atoms with Crippen LogP contribution in [0.2, 0.25) is 0 Å². The maximum atomic E-state index is 10.9. The quantitative estimate of drug-likeness (QED) is 0.0513. The Bertz CT molecular complexity index is 2430. The van der Waals surface area contributed by atoms with Crippen molar-refractivity contribution in [3.05, 3.63) is 199 Å². The van der Waals surface area contributed by atoms with Gasteiger partial charge >= 0.3 is 11.9 Å². The monoisotopic (exact) mass is 880 g/mol. The molecular formula is C53H53BrO7. The predicted octanol–water partition coefficient (Wildman–Crippen LogP) is 11.7. The van der Waals surface area contributed by atoms with Crippen LogP contribution >= 0.6 is 15.9 Å². The molecule has 3 atom stereocenters. The van der Waals surface area contributed by atoms with Gasteiger partial charge in [-0.3, -0.25) is 0 Å². The van der Waals surface area contributed by atoms with Crippen LogP contribution in [0.5, 0.6) is 0 Å². The van der Waals surface area contributed by atoms with Crippen molar-refractivity contribution < 1.29 is 35.1 Å². The van der Waals surface area contributed by atoms with Crippen LogP contribution < -0.4 is 0 Å². The number of benzene rings is 5. The Morgan fingerprint density at radius 2 is 0.967 bits per heavy atom. The van der Waals surface area contributed by atoms with Crippen molar-refractivity contribution >= 4 is 40.0 Å². The zero-order valence-corrected chi connectivity index (χ0v) is 36.0. The third kappa shape index (κ3) is 12.2. The van der Waals surface area contributed by atoms with Crippen LogP contribution in [0.25, 0.3) is 23.3 Å². The molecule has 0 aliphatic heterocycles. The number of carboxylic acids is 2. The predicted molar refractivity (Wildman–Crippen MR) is 247 cm³/mol. The number of aliphatic hydroxyl groups is 3. The summed E-state index contributed by atoms with van der Waals surface area (Å²) in [5.41, 5.74) is 13.1. The van der Waals surface area contributed by atoms with E-state index in [4.69, 9.17) is 10.2 Å². The number of allylic oxidation sites excluding steroid dienone is 1. The average molecular weight is 882 g/mol. The van der Waals surface area contributed by atoms with Crippen LogP contribution in [-0.2, 0) is 28.9 Å². The molecular weight excluding hydrogens is 828 g/mol. The minimum Gasteiger partial charge on any atom is -0.478 e. The van der Waals surface area contributed by atoms with E-state index < -0.39 is 30.3 Å². The summed E-state index contributed by atoms with van der Waals surface area (Å²) >= 11 is 3.40. The second-order valence-corrected chi connectivity index (χ2v) is 16.5. The summed E-state index contributed by atoms with van der Waals surface area (Å²) in [6.07, 6.45) is 14.3. The van der Waals surface area contributed by atoms with Crippen LogP contribution in [0.15, 0.2) is 155 Å². The van der Waals surface area contributed by atoms with Gasteiger partial charge in [-0.15, -0.1) is 0 Å². The highest BCUT2D eigenvalue weighted by Gasteiger charge is 2.23. The number of rotatable bonds is 5. The summed E-state index contributed by atoms with van der Waals surface area (Å²) in [4.78, 5) is 21.6. The molecule has 5 aromatic carbocycles. The average Bonchev–Trinajstić information content (AvgIpc) is 3.60. The molecule has 8 heteroatoms. The van der Waals surface area contributed by atoms with Gasteiger partial charge in [-0.1, -0.05) is 137 Å². The number of halogens is 1. The molecule has 3 unspecified atom stereocenters. The number of hydrogen-bond acceptors (Lipinski definition) is 5. The van der Waals surface area contributed by atoms with Crippen molar-refractivity contribution in [1.82, 2.24) is 0 Å². The van der Waals surface area contributed by atoms with E-state index >= 15 is 0 Å². The van der Waals surface area contributed by atoms with Gasteiger partial charge in [0.15, 0.2) is 0 Å². The van der Waals surface area contributed by atoms with E-state index in [-0.39, 0.29) is 0 Å². The molecule has 0 bridgehead atoms. The molecule has 0 radical (unpaired) electrons. The zero-order valence-electron chi connectivity index (χ0n) is 34.4. The SMILES string of the molecule is C/C=C1\CCCc2cc(/C=C/c3ccccc3)ccc2C1O.O=C(O)/C=C1\CCCc2cc(-c3ccccc3)ccc2C1O.O=C(O)/C=C1\CCCc2cc(Br)ccc2C1O. The maximum Gasteiger partial charge on any atom is 0.328 e. The van der Waals surface area contributed by atoms with Gasteiger partial charge in [0.1, 0.15) is 18.3 Å². The summed E-state index contributed by atoms with van der Waals surface area (Å²) in [5.74, 6) is -2.00. The lowest BCUT2D eigenvalue weighted by molar-refractivity contribution is -0.132. The van der Waals surface area contributed by atoms with Crippen molar-refractivity contribution in [3.8, 4) is 11.1 Å². The zero-order chi connectivity index (χ0) is 43.3. The van der Waals surface area contributed by atoms with Gasteiger partial charge in [-0.05, 0) is 149 Å². The highest BCUT2D eigenvalue weighted by Crippen LogP contribution is 2.37. The molecule has 0 heterocycles. The fourth-order valence-corrected chi connectivity index (χ4v) is 8.71. The smallest absolute Gasteiger partial charge is 0.328 e. The molecule has 0 aromatic heterocycles. The van der Waals surface area contributed by atoms with E-state index in [1.54, 1.807) is 0 Å². The molecule has 8 rings (SSSR count). The number of hydrogen-bond donors (Lipinski definition) is 5. The third-order valence-electron chi connectivity index (χ3n) is 11.5. The van der Waals surface area contributed by atoms with Crippen LogP contribution in [-0.4, -0.2) is 37.5 Å². The first-order valence-corrected chi connectivity index (χ1v) is 21.7. The first-order valence-electron chi connectivity index (χ1n) is 20.9. The number of carboxylic acid groups (broad SMARTS) is 2. The first-order chi connectivity index (χ1) is 29.5. The standard InChI is InChI=1S/C21H22O.C19H18O3.C13H13BrO3/c1-2-18-9-6-10-19-15-17(13-14-20(19)21(18)22)12-11-16-7-4-3-5-8-16;20-18(21)12-16-8-4-7-15-11-14(9-10-17(15)19(16)22)13-5-2-1-3-6-13;14-10-4-5-11-8(6-10)2-1-3-9(13(11)17)7-12(15)16/h2-5,7-8,11-15,21-22H,6,9-10H2,1H3;1-3,5-6,9-12,19,22H,4,7-8H2,(H,20,21);4-7,13,17H,1-3H2,(H,15,16)/b12-11+,18-2+;16-12+;9-7+. The topological polar surface area (TPSA) is 135 Å². The van der Waals surface area contributed by atoms with Gasteiger partial charge < -0.3 is 25.5 Å². The molecule has 3 aliphatic carbocycles. The van der Waals surface area contributed by atoms with Gasteiger partial charge in [0.2, 0.25) is 0 Å². The molecule has 5 aromatic rings. The second-order valence-electron chi connectivity index (χ2n) is 15.6. The van der Waals surface area contributed by atoms with Gasteiger partial charge in [0.05, 0.1) is 0 Å². The lowest BCUT2D eigenvalue weighted by atomic mass is 9.94. The Morgan fingerprint density at radius 3 is 1.52 bits per heavy atom. The van der Waals surface area contributed by atoms with Crippen LogP contribution in [0.4, 0.5) is 0 Å². The molecule has 61 heavy (non-hydrogen) atoms. The minimum absolute atomic E-state index is 0.436. The molecule has 0 spiro atoms. The van der Waals surface area contributed by atoms with Crippen molar-refractivity contribution in [2.24, 2.45) is 0 Å².